The Balaban J connectivity index is 2.59. The lowest BCUT2D eigenvalue weighted by Gasteiger charge is -2.15. The van der Waals surface area contributed by atoms with Crippen LogP contribution in [-0.2, 0) is 0 Å². The molecule has 0 amide bonds. The van der Waals surface area contributed by atoms with Crippen LogP contribution >= 0.6 is 0 Å². The molecule has 26 heavy (non-hydrogen) atoms. The van der Waals surface area contributed by atoms with Crippen LogP contribution in [0.4, 0.5) is 27.6 Å². The molecular weight excluding hydrogens is 363 g/mol. The number of rotatable bonds is 2. The van der Waals surface area contributed by atoms with Crippen LogP contribution in [0.3, 0.4) is 0 Å². The zero-order valence-electron chi connectivity index (χ0n) is 12.5. The number of halogens is 5. The molecule has 3 aromatic rings. The number of nitrogen functional groups attached to an aromatic ring is 1. The number of nitrogens with two attached hydrogens (primary N) is 1. The van der Waals surface area contributed by atoms with Crippen molar-refractivity contribution in [3.8, 4) is 5.69 Å². The highest BCUT2D eigenvalue weighted by atomic mass is 19.2. The smallest absolute Gasteiger partial charge is 0.341 e. The van der Waals surface area contributed by atoms with E-state index in [1.807, 2.05) is 0 Å². The van der Waals surface area contributed by atoms with Crippen molar-refractivity contribution >= 4 is 22.6 Å². The van der Waals surface area contributed by atoms with Crippen LogP contribution in [0.25, 0.3) is 16.6 Å². The van der Waals surface area contributed by atoms with Crippen LogP contribution in [-0.4, -0.2) is 15.6 Å². The Bertz CT molecular complexity index is 1160. The van der Waals surface area contributed by atoms with E-state index in [2.05, 4.69) is 0 Å². The molecule has 1 heterocycles. The molecule has 0 radical (unpaired) electrons. The number of benzene rings is 2. The summed E-state index contributed by atoms with van der Waals surface area (Å²) >= 11 is 0. The number of aromatic carboxylic acids is 1. The number of nitrogens with zero attached hydrogens (tertiary/aromatic N) is 1. The molecule has 134 valence electrons. The molecule has 0 saturated heterocycles. The predicted molar refractivity (Wildman–Crippen MR) is 80.7 cm³/mol. The van der Waals surface area contributed by atoms with Gasteiger partial charge in [0.1, 0.15) is 17.2 Å². The highest BCUT2D eigenvalue weighted by Gasteiger charge is 2.24. The fraction of sp³-hybridized carbons (Fsp3) is 0. The number of pyridine rings is 1. The van der Waals surface area contributed by atoms with Gasteiger partial charge in [0.25, 0.3) is 0 Å². The Kier molecular flexibility index (Phi) is 3.90. The van der Waals surface area contributed by atoms with Gasteiger partial charge in [-0.1, -0.05) is 0 Å². The summed E-state index contributed by atoms with van der Waals surface area (Å²) in [5, 5.41) is 8.26. The number of anilines is 1. The van der Waals surface area contributed by atoms with Gasteiger partial charge in [0.05, 0.1) is 22.3 Å². The number of carboxylic acid groups (broad SMARTS) is 1. The summed E-state index contributed by atoms with van der Waals surface area (Å²) in [7, 11) is 0. The van der Waals surface area contributed by atoms with E-state index in [0.29, 0.717) is 29.0 Å². The van der Waals surface area contributed by atoms with Crippen LogP contribution in [0.2, 0.25) is 0 Å². The predicted octanol–water partition coefficient (Wildman–Crippen LogP) is 2.97. The molecule has 3 N–H and O–H groups in total. The Morgan fingerprint density at radius 3 is 2.23 bits per heavy atom. The molecule has 0 atom stereocenters. The molecular formula is C16H7F5N2O3. The van der Waals surface area contributed by atoms with Crippen LogP contribution in [0.15, 0.2) is 29.2 Å². The van der Waals surface area contributed by atoms with Gasteiger partial charge in [-0.3, -0.25) is 4.79 Å². The summed E-state index contributed by atoms with van der Waals surface area (Å²) in [6.45, 7) is 0. The number of hydrogen-bond acceptors (Lipinski definition) is 3. The van der Waals surface area contributed by atoms with Gasteiger partial charge in [0.2, 0.25) is 5.43 Å². The molecule has 0 saturated carbocycles. The Morgan fingerprint density at radius 1 is 0.962 bits per heavy atom. The van der Waals surface area contributed by atoms with E-state index in [0.717, 1.165) is 0 Å². The molecule has 0 aliphatic rings. The summed E-state index contributed by atoms with van der Waals surface area (Å²) in [6, 6.07) is 1.33. The standard InChI is InChI=1S/C16H7F5N2O3/c17-7-2-8(18)11(3-10(7)22)23-4-6(16(25)26)15(24)5-1-9(19)12(20)13(21)14(5)23/h1-4H,22H2,(H,25,26). The molecule has 0 aliphatic heterocycles. The van der Waals surface area contributed by atoms with Gasteiger partial charge in [-0.05, 0) is 12.1 Å². The highest BCUT2D eigenvalue weighted by Crippen LogP contribution is 2.27. The number of carboxylic acids is 1. The Labute approximate surface area is 140 Å². The third-order valence-corrected chi connectivity index (χ3v) is 3.68. The van der Waals surface area contributed by atoms with Gasteiger partial charge in [0.15, 0.2) is 17.5 Å². The first-order chi connectivity index (χ1) is 12.1. The summed E-state index contributed by atoms with van der Waals surface area (Å²) < 4.78 is 69.4. The second-order valence-electron chi connectivity index (χ2n) is 5.25. The average Bonchev–Trinajstić information content (AvgIpc) is 2.57. The van der Waals surface area contributed by atoms with Gasteiger partial charge in [-0.2, -0.15) is 0 Å². The molecule has 5 nitrogen and oxygen atoms in total. The minimum Gasteiger partial charge on any atom is -0.477 e. The number of carbonyl (C=O) groups is 1. The molecule has 2 aromatic carbocycles. The molecule has 10 heteroatoms. The van der Waals surface area contributed by atoms with Crippen LogP contribution in [0.5, 0.6) is 0 Å². The number of hydrogen-bond donors (Lipinski definition) is 2. The SMILES string of the molecule is Nc1cc(-n2cc(C(=O)O)c(=O)c3cc(F)c(F)c(F)c32)c(F)cc1F. The van der Waals surface area contributed by atoms with E-state index < -0.39 is 68.3 Å². The molecule has 0 bridgehead atoms. The summed E-state index contributed by atoms with van der Waals surface area (Å²) in [5.41, 5.74) is 0.886. The van der Waals surface area contributed by atoms with Crippen molar-refractivity contribution in [3.05, 3.63) is 69.3 Å². The van der Waals surface area contributed by atoms with E-state index in [9.17, 15) is 31.5 Å². The number of fused-ring (bicyclic) bond motifs is 1. The maximum Gasteiger partial charge on any atom is 0.341 e. The monoisotopic (exact) mass is 370 g/mol. The van der Waals surface area contributed by atoms with Crippen molar-refractivity contribution in [2.45, 2.75) is 0 Å². The number of aromatic nitrogens is 1. The fourth-order valence-electron chi connectivity index (χ4n) is 2.47. The highest BCUT2D eigenvalue weighted by molar-refractivity contribution is 5.93. The molecule has 0 unspecified atom stereocenters. The molecule has 0 aliphatic carbocycles. The molecule has 0 fully saturated rings. The Morgan fingerprint density at radius 2 is 1.62 bits per heavy atom. The van der Waals surface area contributed by atoms with E-state index in [1.54, 1.807) is 0 Å². The van der Waals surface area contributed by atoms with E-state index >= 15 is 0 Å². The molecule has 3 rings (SSSR count). The van der Waals surface area contributed by atoms with Crippen molar-refractivity contribution in [2.75, 3.05) is 5.73 Å². The fourth-order valence-corrected chi connectivity index (χ4v) is 2.47. The minimum atomic E-state index is -1.95. The summed E-state index contributed by atoms with van der Waals surface area (Å²) in [5.74, 6) is -9.76. The maximum absolute atomic E-state index is 14.3. The maximum atomic E-state index is 14.3. The lowest BCUT2D eigenvalue weighted by Crippen LogP contribution is -2.20. The first kappa shape index (κ1) is 17.4. The second-order valence-corrected chi connectivity index (χ2v) is 5.25. The summed E-state index contributed by atoms with van der Waals surface area (Å²) in [6.07, 6.45) is 0.517. The average molecular weight is 370 g/mol. The quantitative estimate of drug-likeness (QED) is 0.413. The van der Waals surface area contributed by atoms with E-state index in [4.69, 9.17) is 10.8 Å². The zero-order chi connectivity index (χ0) is 19.3. The van der Waals surface area contributed by atoms with Gasteiger partial charge in [-0.25, -0.2) is 26.7 Å². The first-order valence-electron chi connectivity index (χ1n) is 6.84. The van der Waals surface area contributed by atoms with Gasteiger partial charge in [-0.15, -0.1) is 0 Å². The Hall–Kier alpha value is -3.43. The zero-order valence-corrected chi connectivity index (χ0v) is 12.5. The van der Waals surface area contributed by atoms with E-state index in [-0.39, 0.29) is 0 Å². The van der Waals surface area contributed by atoms with Gasteiger partial charge in [0, 0.05) is 12.3 Å². The summed E-state index contributed by atoms with van der Waals surface area (Å²) in [4.78, 5) is 23.4. The first-order valence-corrected chi connectivity index (χ1v) is 6.84. The van der Waals surface area contributed by atoms with Crippen molar-refractivity contribution in [2.24, 2.45) is 0 Å². The van der Waals surface area contributed by atoms with E-state index in [1.165, 1.54) is 0 Å². The van der Waals surface area contributed by atoms with Crippen LogP contribution in [0.1, 0.15) is 10.4 Å². The van der Waals surface area contributed by atoms with Crippen molar-refractivity contribution in [1.29, 1.82) is 0 Å². The lowest BCUT2D eigenvalue weighted by atomic mass is 10.1. The topological polar surface area (TPSA) is 85.3 Å². The largest absolute Gasteiger partial charge is 0.477 e. The minimum absolute atomic E-state index is 0.295. The third-order valence-electron chi connectivity index (χ3n) is 3.68. The molecule has 0 spiro atoms. The molecule has 1 aromatic heterocycles. The van der Waals surface area contributed by atoms with Gasteiger partial charge >= 0.3 is 5.97 Å². The van der Waals surface area contributed by atoms with Crippen LogP contribution in [0, 0.1) is 29.1 Å². The van der Waals surface area contributed by atoms with Crippen molar-refractivity contribution in [1.82, 2.24) is 4.57 Å². The lowest BCUT2D eigenvalue weighted by molar-refractivity contribution is 0.0695. The third kappa shape index (κ3) is 2.46. The van der Waals surface area contributed by atoms with Crippen molar-refractivity contribution < 1.29 is 31.9 Å². The van der Waals surface area contributed by atoms with Gasteiger partial charge < -0.3 is 15.4 Å². The van der Waals surface area contributed by atoms with Crippen LogP contribution < -0.4 is 11.2 Å². The van der Waals surface area contributed by atoms with Crippen molar-refractivity contribution in [3.63, 3.8) is 0 Å². The normalized spacial score (nSPS) is 11.1. The second kappa shape index (κ2) is 5.83.